The monoisotopic (exact) mass is 467 g/mol. The summed E-state index contributed by atoms with van der Waals surface area (Å²) in [4.78, 5) is 40.3. The quantitative estimate of drug-likeness (QED) is 0.715. The molecule has 2 atom stereocenters. The summed E-state index contributed by atoms with van der Waals surface area (Å²) in [5, 5.41) is 5.51. The second-order valence-corrected chi connectivity index (χ2v) is 9.38. The lowest BCUT2D eigenvalue weighted by Gasteiger charge is -2.37. The van der Waals surface area contributed by atoms with E-state index >= 15 is 0 Å². The van der Waals surface area contributed by atoms with Crippen molar-refractivity contribution >= 4 is 23.6 Å². The molecule has 0 saturated heterocycles. The summed E-state index contributed by atoms with van der Waals surface area (Å²) in [7, 11) is 0. The minimum absolute atomic E-state index is 0.137. The van der Waals surface area contributed by atoms with Crippen LogP contribution in [0.4, 0.5) is 10.5 Å². The Morgan fingerprint density at radius 2 is 1.76 bits per heavy atom. The van der Waals surface area contributed by atoms with Gasteiger partial charge in [-0.15, -0.1) is 0 Å². The van der Waals surface area contributed by atoms with Crippen molar-refractivity contribution in [3.8, 4) is 11.5 Å². The highest BCUT2D eigenvalue weighted by Crippen LogP contribution is 2.34. The van der Waals surface area contributed by atoms with Crippen molar-refractivity contribution in [2.24, 2.45) is 0 Å². The second kappa shape index (κ2) is 9.24. The minimum atomic E-state index is -0.837. The van der Waals surface area contributed by atoms with Gasteiger partial charge in [-0.2, -0.15) is 0 Å². The molecule has 34 heavy (non-hydrogen) atoms. The third kappa shape index (κ3) is 5.24. The standard InChI is InChI=1S/C25H29N3O6/c1-15(22(29)27-18-9-10-20-21(12-18)33-14-32-20)26-23(30)19-11-16-7-5-6-8-17(16)13-28(19)24(31)34-25(2,3)4/h5-10,12,15,19H,11,13-14H2,1-4H3,(H,26,30)(H,27,29)/t15-,19-/m0/s1. The summed E-state index contributed by atoms with van der Waals surface area (Å²) in [6.07, 6.45) is -0.239. The van der Waals surface area contributed by atoms with Gasteiger partial charge in [-0.1, -0.05) is 24.3 Å². The van der Waals surface area contributed by atoms with Gasteiger partial charge < -0.3 is 24.8 Å². The van der Waals surface area contributed by atoms with E-state index in [1.807, 2.05) is 24.3 Å². The van der Waals surface area contributed by atoms with E-state index in [0.29, 0.717) is 23.6 Å². The van der Waals surface area contributed by atoms with E-state index in [9.17, 15) is 14.4 Å². The number of anilines is 1. The van der Waals surface area contributed by atoms with Crippen LogP contribution in [-0.2, 0) is 27.3 Å². The lowest BCUT2D eigenvalue weighted by Crippen LogP contribution is -2.56. The Hall–Kier alpha value is -3.75. The second-order valence-electron chi connectivity index (χ2n) is 9.38. The van der Waals surface area contributed by atoms with E-state index in [0.717, 1.165) is 11.1 Å². The van der Waals surface area contributed by atoms with Crippen molar-refractivity contribution in [1.29, 1.82) is 0 Å². The van der Waals surface area contributed by atoms with Crippen LogP contribution in [0.1, 0.15) is 38.8 Å². The van der Waals surface area contributed by atoms with E-state index in [1.165, 1.54) is 4.90 Å². The topological polar surface area (TPSA) is 106 Å². The van der Waals surface area contributed by atoms with E-state index in [4.69, 9.17) is 14.2 Å². The Kier molecular flexibility index (Phi) is 6.37. The van der Waals surface area contributed by atoms with E-state index in [-0.39, 0.29) is 13.3 Å². The molecule has 0 fully saturated rings. The molecule has 9 heteroatoms. The molecule has 2 N–H and O–H groups in total. The Labute approximate surface area is 198 Å². The fourth-order valence-corrected chi connectivity index (χ4v) is 3.87. The number of rotatable bonds is 4. The Balaban J connectivity index is 1.45. The van der Waals surface area contributed by atoms with Crippen LogP contribution in [0.5, 0.6) is 11.5 Å². The van der Waals surface area contributed by atoms with Crippen molar-refractivity contribution < 1.29 is 28.6 Å². The van der Waals surface area contributed by atoms with Crippen LogP contribution in [0, 0.1) is 0 Å². The molecule has 2 aliphatic heterocycles. The van der Waals surface area contributed by atoms with Crippen LogP contribution in [0.3, 0.4) is 0 Å². The molecule has 9 nitrogen and oxygen atoms in total. The zero-order valence-electron chi connectivity index (χ0n) is 19.7. The van der Waals surface area contributed by atoms with Crippen molar-refractivity contribution in [3.05, 3.63) is 53.6 Å². The number of carbonyl (C=O) groups excluding carboxylic acids is 3. The van der Waals surface area contributed by atoms with E-state index in [1.54, 1.807) is 45.9 Å². The summed E-state index contributed by atoms with van der Waals surface area (Å²) in [6.45, 7) is 7.31. The molecule has 3 amide bonds. The predicted octanol–water partition coefficient (Wildman–Crippen LogP) is 3.22. The van der Waals surface area contributed by atoms with Gasteiger partial charge in [0.15, 0.2) is 11.5 Å². The first-order chi connectivity index (χ1) is 16.1. The molecular weight excluding hydrogens is 438 g/mol. The van der Waals surface area contributed by atoms with Gasteiger partial charge in [0, 0.05) is 18.2 Å². The number of nitrogens with zero attached hydrogens (tertiary/aromatic N) is 1. The number of fused-ring (bicyclic) bond motifs is 2. The first kappa shape index (κ1) is 23.4. The molecule has 0 aliphatic carbocycles. The average Bonchev–Trinajstić information content (AvgIpc) is 3.24. The number of carbonyl (C=O) groups is 3. The van der Waals surface area contributed by atoms with Crippen molar-refractivity contribution in [2.45, 2.75) is 58.3 Å². The highest BCUT2D eigenvalue weighted by atomic mass is 16.7. The van der Waals surface area contributed by atoms with Gasteiger partial charge in [-0.05, 0) is 51.0 Å². The van der Waals surface area contributed by atoms with Crippen LogP contribution in [0.2, 0.25) is 0 Å². The largest absolute Gasteiger partial charge is 0.454 e. The van der Waals surface area contributed by atoms with Crippen LogP contribution < -0.4 is 20.1 Å². The summed E-state index contributed by atoms with van der Waals surface area (Å²) >= 11 is 0. The fraction of sp³-hybridized carbons (Fsp3) is 0.400. The molecule has 0 bridgehead atoms. The van der Waals surface area contributed by atoms with Gasteiger partial charge in [0.25, 0.3) is 0 Å². The number of ether oxygens (including phenoxy) is 3. The van der Waals surface area contributed by atoms with Gasteiger partial charge in [0.1, 0.15) is 17.7 Å². The van der Waals surface area contributed by atoms with E-state index < -0.39 is 35.6 Å². The Morgan fingerprint density at radius 1 is 1.06 bits per heavy atom. The average molecular weight is 468 g/mol. The number of nitrogens with one attached hydrogen (secondary N) is 2. The maximum absolute atomic E-state index is 13.2. The number of benzene rings is 2. The fourth-order valence-electron chi connectivity index (χ4n) is 3.87. The van der Waals surface area contributed by atoms with Gasteiger partial charge in [0.05, 0.1) is 6.54 Å². The smallest absolute Gasteiger partial charge is 0.411 e. The lowest BCUT2D eigenvalue weighted by atomic mass is 9.93. The lowest BCUT2D eigenvalue weighted by molar-refractivity contribution is -0.130. The van der Waals surface area contributed by atoms with Gasteiger partial charge in [-0.25, -0.2) is 4.79 Å². The summed E-state index contributed by atoms with van der Waals surface area (Å²) in [5.41, 5.74) is 1.77. The zero-order valence-corrected chi connectivity index (χ0v) is 19.7. The molecule has 2 heterocycles. The SMILES string of the molecule is C[C@H](NC(=O)[C@@H]1Cc2ccccc2CN1C(=O)OC(C)(C)C)C(=O)Nc1ccc2c(c1)OCO2. The molecule has 0 spiro atoms. The molecule has 0 unspecified atom stereocenters. The van der Waals surface area contributed by atoms with Gasteiger partial charge in [-0.3, -0.25) is 14.5 Å². The molecule has 0 radical (unpaired) electrons. The van der Waals surface area contributed by atoms with Crippen LogP contribution in [-0.4, -0.2) is 47.3 Å². The Bertz CT molecular complexity index is 1110. The zero-order chi connectivity index (χ0) is 24.5. The van der Waals surface area contributed by atoms with E-state index in [2.05, 4.69) is 10.6 Å². The van der Waals surface area contributed by atoms with Crippen molar-refractivity contribution in [2.75, 3.05) is 12.1 Å². The van der Waals surface area contributed by atoms with Crippen LogP contribution in [0.15, 0.2) is 42.5 Å². The first-order valence-corrected chi connectivity index (χ1v) is 11.2. The molecule has 180 valence electrons. The first-order valence-electron chi connectivity index (χ1n) is 11.2. The van der Waals surface area contributed by atoms with Crippen LogP contribution >= 0.6 is 0 Å². The molecule has 0 saturated carbocycles. The Morgan fingerprint density at radius 3 is 2.50 bits per heavy atom. The molecule has 0 aromatic heterocycles. The number of hydrogen-bond acceptors (Lipinski definition) is 6. The minimum Gasteiger partial charge on any atom is -0.454 e. The highest BCUT2D eigenvalue weighted by Gasteiger charge is 2.37. The van der Waals surface area contributed by atoms with Crippen molar-refractivity contribution in [1.82, 2.24) is 10.2 Å². The highest BCUT2D eigenvalue weighted by molar-refractivity contribution is 5.98. The predicted molar refractivity (Wildman–Crippen MR) is 125 cm³/mol. The normalized spacial score (nSPS) is 17.4. The number of hydrogen-bond donors (Lipinski definition) is 2. The molecule has 4 rings (SSSR count). The maximum Gasteiger partial charge on any atom is 0.411 e. The molecular formula is C25H29N3O6. The van der Waals surface area contributed by atoms with Gasteiger partial charge in [0.2, 0.25) is 18.6 Å². The summed E-state index contributed by atoms with van der Waals surface area (Å²) in [5.74, 6) is 0.337. The summed E-state index contributed by atoms with van der Waals surface area (Å²) < 4.78 is 16.2. The maximum atomic E-state index is 13.2. The van der Waals surface area contributed by atoms with Crippen molar-refractivity contribution in [3.63, 3.8) is 0 Å². The van der Waals surface area contributed by atoms with Gasteiger partial charge >= 0.3 is 6.09 Å². The molecule has 2 aromatic rings. The third-order valence-corrected chi connectivity index (χ3v) is 5.57. The van der Waals surface area contributed by atoms with Crippen LogP contribution in [0.25, 0.3) is 0 Å². The molecule has 2 aromatic carbocycles. The third-order valence-electron chi connectivity index (χ3n) is 5.57. The molecule has 2 aliphatic rings. The summed E-state index contributed by atoms with van der Waals surface area (Å²) in [6, 6.07) is 11.1. The number of amides is 3.